The number of nitrogens with one attached hydrogen (secondary N) is 1. The Balaban J connectivity index is 2.61. The Morgan fingerprint density at radius 2 is 2.24 bits per heavy atom. The van der Waals surface area contributed by atoms with Crippen LogP contribution in [0.4, 0.5) is 11.4 Å². The first kappa shape index (κ1) is 13.2. The van der Waals surface area contributed by atoms with Crippen molar-refractivity contribution in [3.05, 3.63) is 18.2 Å². The van der Waals surface area contributed by atoms with Gasteiger partial charge in [0.2, 0.25) is 5.91 Å². The summed E-state index contributed by atoms with van der Waals surface area (Å²) in [6, 6.07) is 5.33. The van der Waals surface area contributed by atoms with Gasteiger partial charge in [0.15, 0.2) is 0 Å². The molecule has 1 rings (SSSR count). The zero-order valence-corrected chi connectivity index (χ0v) is 10.5. The number of carbonyl (C=O) groups is 1. The number of nitrogen functional groups attached to an aromatic ring is 1. The van der Waals surface area contributed by atoms with Gasteiger partial charge in [-0.25, -0.2) is 0 Å². The lowest BCUT2D eigenvalue weighted by molar-refractivity contribution is -0.127. The summed E-state index contributed by atoms with van der Waals surface area (Å²) in [5.74, 6) is 0.648. The van der Waals surface area contributed by atoms with Gasteiger partial charge in [-0.15, -0.1) is 0 Å². The van der Waals surface area contributed by atoms with Crippen molar-refractivity contribution in [2.24, 2.45) is 0 Å². The summed E-state index contributed by atoms with van der Waals surface area (Å²) < 4.78 is 5.10. The molecule has 17 heavy (non-hydrogen) atoms. The fourth-order valence-electron chi connectivity index (χ4n) is 1.31. The number of nitrogens with zero attached hydrogens (tertiary/aromatic N) is 1. The van der Waals surface area contributed by atoms with Crippen LogP contribution in [-0.4, -0.2) is 38.1 Å². The van der Waals surface area contributed by atoms with Crippen LogP contribution in [0.25, 0.3) is 0 Å². The van der Waals surface area contributed by atoms with Crippen LogP contribution in [0.15, 0.2) is 18.2 Å². The van der Waals surface area contributed by atoms with Crippen LogP contribution in [0.3, 0.4) is 0 Å². The molecular formula is C12H19N3O2. The molecule has 0 bridgehead atoms. The van der Waals surface area contributed by atoms with Gasteiger partial charge in [-0.3, -0.25) is 4.79 Å². The molecule has 0 saturated carbocycles. The number of ether oxygens (including phenoxy) is 1. The molecule has 0 unspecified atom stereocenters. The molecule has 1 aromatic rings. The molecule has 0 heterocycles. The average molecular weight is 237 g/mol. The fourth-order valence-corrected chi connectivity index (χ4v) is 1.31. The second-order valence-corrected chi connectivity index (χ2v) is 3.72. The Kier molecular flexibility index (Phi) is 4.63. The van der Waals surface area contributed by atoms with Gasteiger partial charge in [0.1, 0.15) is 5.75 Å². The van der Waals surface area contributed by atoms with E-state index >= 15 is 0 Å². The van der Waals surface area contributed by atoms with E-state index < -0.39 is 0 Å². The van der Waals surface area contributed by atoms with Crippen LogP contribution in [0.2, 0.25) is 0 Å². The van der Waals surface area contributed by atoms with Crippen LogP contribution in [0, 0.1) is 0 Å². The lowest BCUT2D eigenvalue weighted by Gasteiger charge is -2.15. The van der Waals surface area contributed by atoms with Crippen molar-refractivity contribution in [3.8, 4) is 5.75 Å². The highest BCUT2D eigenvalue weighted by Gasteiger charge is 2.06. The molecule has 1 amide bonds. The van der Waals surface area contributed by atoms with Crippen molar-refractivity contribution in [2.75, 3.05) is 38.3 Å². The third kappa shape index (κ3) is 3.55. The molecule has 3 N–H and O–H groups in total. The molecule has 0 aliphatic heterocycles. The van der Waals surface area contributed by atoms with Crippen molar-refractivity contribution in [2.45, 2.75) is 6.92 Å². The van der Waals surface area contributed by atoms with Gasteiger partial charge in [0.25, 0.3) is 0 Å². The summed E-state index contributed by atoms with van der Waals surface area (Å²) in [6.07, 6.45) is 0. The number of hydrogen-bond donors (Lipinski definition) is 2. The molecule has 94 valence electrons. The highest BCUT2D eigenvalue weighted by Crippen LogP contribution is 2.24. The van der Waals surface area contributed by atoms with Crippen LogP contribution in [0.5, 0.6) is 5.75 Å². The van der Waals surface area contributed by atoms with Crippen LogP contribution in [-0.2, 0) is 4.79 Å². The molecule has 0 saturated heterocycles. The highest BCUT2D eigenvalue weighted by molar-refractivity contribution is 5.80. The molecule has 0 spiro atoms. The highest BCUT2D eigenvalue weighted by atomic mass is 16.5. The lowest BCUT2D eigenvalue weighted by Crippen LogP contribution is -2.31. The van der Waals surface area contributed by atoms with E-state index in [0.717, 1.165) is 5.69 Å². The molecule has 5 nitrogen and oxygen atoms in total. The van der Waals surface area contributed by atoms with Crippen molar-refractivity contribution in [1.82, 2.24) is 4.90 Å². The van der Waals surface area contributed by atoms with Crippen LogP contribution >= 0.6 is 0 Å². The number of nitrogens with two attached hydrogens (primary N) is 1. The predicted molar refractivity (Wildman–Crippen MR) is 69.2 cm³/mol. The second kappa shape index (κ2) is 5.98. The first-order chi connectivity index (χ1) is 8.08. The van der Waals surface area contributed by atoms with E-state index in [1.165, 1.54) is 0 Å². The van der Waals surface area contributed by atoms with E-state index in [2.05, 4.69) is 5.32 Å². The zero-order valence-electron chi connectivity index (χ0n) is 10.5. The third-order valence-electron chi connectivity index (χ3n) is 2.58. The van der Waals surface area contributed by atoms with E-state index in [-0.39, 0.29) is 12.5 Å². The Morgan fingerprint density at radius 3 is 2.82 bits per heavy atom. The summed E-state index contributed by atoms with van der Waals surface area (Å²) >= 11 is 0. The van der Waals surface area contributed by atoms with E-state index in [0.29, 0.717) is 18.0 Å². The first-order valence-electron chi connectivity index (χ1n) is 5.49. The Hall–Kier alpha value is -1.91. The van der Waals surface area contributed by atoms with Gasteiger partial charge in [0, 0.05) is 25.3 Å². The molecule has 0 atom stereocenters. The van der Waals surface area contributed by atoms with Gasteiger partial charge in [0.05, 0.1) is 19.3 Å². The topological polar surface area (TPSA) is 67.6 Å². The van der Waals surface area contributed by atoms with E-state index in [1.807, 2.05) is 13.0 Å². The zero-order chi connectivity index (χ0) is 12.8. The minimum Gasteiger partial charge on any atom is -0.495 e. The van der Waals surface area contributed by atoms with Crippen molar-refractivity contribution in [1.29, 1.82) is 0 Å². The molecule has 0 radical (unpaired) electrons. The summed E-state index contributed by atoms with van der Waals surface area (Å²) in [5, 5.41) is 3.03. The van der Waals surface area contributed by atoms with Gasteiger partial charge in [-0.2, -0.15) is 0 Å². The number of likely N-dealkylation sites (N-methyl/N-ethyl adjacent to an activating group) is 1. The summed E-state index contributed by atoms with van der Waals surface area (Å²) in [5.41, 5.74) is 7.09. The van der Waals surface area contributed by atoms with Crippen molar-refractivity contribution >= 4 is 17.3 Å². The lowest BCUT2D eigenvalue weighted by atomic mass is 10.2. The number of anilines is 2. The standard InChI is InChI=1S/C12H19N3O2/c1-4-15(2)12(16)8-14-9-5-6-10(13)11(7-9)17-3/h5-7,14H,4,8,13H2,1-3H3. The maximum absolute atomic E-state index is 11.6. The minimum absolute atomic E-state index is 0.0447. The molecule has 0 fully saturated rings. The smallest absolute Gasteiger partial charge is 0.241 e. The maximum Gasteiger partial charge on any atom is 0.241 e. The predicted octanol–water partition coefficient (Wildman–Crippen LogP) is 1.17. The number of amides is 1. The number of benzene rings is 1. The van der Waals surface area contributed by atoms with Crippen LogP contribution < -0.4 is 15.8 Å². The Labute approximate surface area is 102 Å². The van der Waals surface area contributed by atoms with E-state index in [9.17, 15) is 4.79 Å². The van der Waals surface area contributed by atoms with Crippen molar-refractivity contribution < 1.29 is 9.53 Å². The SMILES string of the molecule is CCN(C)C(=O)CNc1ccc(N)c(OC)c1. The summed E-state index contributed by atoms with van der Waals surface area (Å²) in [4.78, 5) is 13.2. The maximum atomic E-state index is 11.6. The van der Waals surface area contributed by atoms with Gasteiger partial charge in [-0.1, -0.05) is 0 Å². The molecular weight excluding hydrogens is 218 g/mol. The number of carbonyl (C=O) groups excluding carboxylic acids is 1. The molecule has 5 heteroatoms. The van der Waals surface area contributed by atoms with E-state index in [1.54, 1.807) is 31.2 Å². The molecule has 0 aliphatic carbocycles. The van der Waals surface area contributed by atoms with Gasteiger partial charge < -0.3 is 20.7 Å². The quantitative estimate of drug-likeness (QED) is 0.754. The molecule has 0 aliphatic rings. The monoisotopic (exact) mass is 237 g/mol. The average Bonchev–Trinajstić information content (AvgIpc) is 2.36. The van der Waals surface area contributed by atoms with Crippen LogP contribution in [0.1, 0.15) is 6.92 Å². The fraction of sp³-hybridized carbons (Fsp3) is 0.417. The first-order valence-corrected chi connectivity index (χ1v) is 5.49. The molecule has 0 aromatic heterocycles. The van der Waals surface area contributed by atoms with Gasteiger partial charge >= 0.3 is 0 Å². The summed E-state index contributed by atoms with van der Waals surface area (Å²) in [6.45, 7) is 2.90. The third-order valence-corrected chi connectivity index (χ3v) is 2.58. The number of methoxy groups -OCH3 is 1. The van der Waals surface area contributed by atoms with E-state index in [4.69, 9.17) is 10.5 Å². The van der Waals surface area contributed by atoms with Gasteiger partial charge in [-0.05, 0) is 19.1 Å². The summed E-state index contributed by atoms with van der Waals surface area (Å²) in [7, 11) is 3.33. The Morgan fingerprint density at radius 1 is 1.53 bits per heavy atom. The number of hydrogen-bond acceptors (Lipinski definition) is 4. The number of rotatable bonds is 5. The van der Waals surface area contributed by atoms with Crippen molar-refractivity contribution in [3.63, 3.8) is 0 Å². The normalized spacial score (nSPS) is 9.82. The molecule has 1 aromatic carbocycles. The minimum atomic E-state index is 0.0447. The second-order valence-electron chi connectivity index (χ2n) is 3.72. The largest absolute Gasteiger partial charge is 0.495 e. The Bertz CT molecular complexity index is 393.